The highest BCUT2D eigenvalue weighted by molar-refractivity contribution is 6.09. The smallest absolute Gasteiger partial charge is 0.0645 e. The second-order valence-electron chi connectivity index (χ2n) is 10.5. The molecular weight excluding hydrogens is 603 g/mol. The highest BCUT2D eigenvalue weighted by Gasteiger charge is 2.34. The third kappa shape index (κ3) is 5.02. The van der Waals surface area contributed by atoms with Crippen molar-refractivity contribution in [1.29, 1.82) is 0 Å². The molecule has 0 atom stereocenters. The molecule has 0 aliphatic heterocycles. The topological polar surface area (TPSA) is 3.24 Å². The van der Waals surface area contributed by atoms with Crippen LogP contribution in [0.5, 0.6) is 0 Å². The van der Waals surface area contributed by atoms with Gasteiger partial charge in [-0.1, -0.05) is 159 Å². The molecule has 0 saturated carbocycles. The van der Waals surface area contributed by atoms with E-state index in [9.17, 15) is 16.4 Å². The molecule has 8 aromatic rings. The first-order valence-corrected chi connectivity index (χ1v) is 14.4. The van der Waals surface area contributed by atoms with Gasteiger partial charge in [0.2, 0.25) is 0 Å². The second kappa shape index (κ2) is 12.1. The van der Waals surface area contributed by atoms with Crippen molar-refractivity contribution in [2.24, 2.45) is 0 Å². The predicted molar refractivity (Wildman–Crippen MR) is 213 cm³/mol. The van der Waals surface area contributed by atoms with Gasteiger partial charge in [-0.2, -0.15) is 0 Å². The molecule has 50 heavy (non-hydrogen) atoms. The summed E-state index contributed by atoms with van der Waals surface area (Å²) in [6, 6.07) is -37.6. The molecule has 1 heteroatoms. The minimum absolute atomic E-state index is 0.222. The summed E-state index contributed by atoms with van der Waals surface area (Å²) in [7, 11) is 0. The Balaban J connectivity index is 1.52. The van der Waals surface area contributed by atoms with Crippen LogP contribution < -0.4 is 4.90 Å². The van der Waals surface area contributed by atoms with E-state index in [0.717, 1.165) is 0 Å². The van der Waals surface area contributed by atoms with E-state index in [1.165, 1.54) is 0 Å². The first kappa shape index (κ1) is 10.2. The molecule has 9 rings (SSSR count). The lowest BCUT2D eigenvalue weighted by molar-refractivity contribution is 0.645. The van der Waals surface area contributed by atoms with Gasteiger partial charge >= 0.3 is 0 Å². The number of para-hydroxylation sites is 1. The molecule has 8 aromatic carbocycles. The zero-order valence-corrected chi connectivity index (χ0v) is 24.9. The van der Waals surface area contributed by atoms with E-state index < -0.39 is 290 Å². The minimum atomic E-state index is -4.12. The molecule has 0 N–H and O–H groups in total. The maximum absolute atomic E-state index is 10.1. The quantitative estimate of drug-likeness (QED) is 0.169. The standard InChI is InChI=1S/C49H37N/c1-49(2)45-32-26-39(33-44(45)48-43(37-15-8-4-9-16-37)31-25-38-17-12-20-46(49)47(38)48)36-23-29-42(30-24-36)50(40-18-10-5-11-19-40)41-27-21-35(22-28-41)34-13-6-3-7-14-34/h3-33H,1-2H3/i1D3,2D3,3D,4D,5D,6D,7D,8D,9D,10D,11D,12D,13D,14D,15D,16D,17D,18D,19D,20D,21D,22D,23D,24D,25D,26D,27D,28D,29D,30D,31D,32D,33D. The molecule has 0 heterocycles. The number of benzene rings is 8. The van der Waals surface area contributed by atoms with Gasteiger partial charge in [0.1, 0.15) is 0 Å². The Kier molecular flexibility index (Phi) is 2.46. The summed E-state index contributed by atoms with van der Waals surface area (Å²) >= 11 is 0. The number of nitrogens with zero attached hydrogens (tertiary/aromatic N) is 1. The Bertz CT molecular complexity index is 4340. The van der Waals surface area contributed by atoms with Crippen LogP contribution in [-0.4, -0.2) is 0 Å². The molecule has 0 fully saturated rings. The van der Waals surface area contributed by atoms with Gasteiger partial charge in [-0.25, -0.2) is 0 Å². The van der Waals surface area contributed by atoms with E-state index in [-0.39, 0.29) is 4.90 Å². The highest BCUT2D eigenvalue weighted by atomic mass is 15.1. The van der Waals surface area contributed by atoms with E-state index in [4.69, 9.17) is 34.3 Å². The molecule has 1 aliphatic carbocycles. The summed E-state index contributed by atoms with van der Waals surface area (Å²) in [6.45, 7) is -8.23. The lowest BCUT2D eigenvalue weighted by Crippen LogP contribution is -2.24. The molecule has 1 nitrogen and oxygen atoms in total. The fourth-order valence-electron chi connectivity index (χ4n) is 5.43. The summed E-state index contributed by atoms with van der Waals surface area (Å²) < 4.78 is 334. The average Bonchev–Trinajstić information content (AvgIpc) is 0.658. The summed E-state index contributed by atoms with van der Waals surface area (Å²) in [6.07, 6.45) is 0. The Morgan fingerprint density at radius 2 is 0.960 bits per heavy atom. The molecular formula is C49H37N. The van der Waals surface area contributed by atoms with E-state index in [2.05, 4.69) is 0 Å². The second-order valence-corrected chi connectivity index (χ2v) is 10.5. The van der Waals surface area contributed by atoms with Gasteiger partial charge < -0.3 is 4.90 Å². The van der Waals surface area contributed by atoms with E-state index in [1.54, 1.807) is 0 Å². The number of hydrogen-bond donors (Lipinski definition) is 0. The van der Waals surface area contributed by atoms with Gasteiger partial charge in [0.05, 0.1) is 42.5 Å². The third-order valence-electron chi connectivity index (χ3n) is 7.63. The minimum Gasteiger partial charge on any atom is -0.311 e. The van der Waals surface area contributed by atoms with Gasteiger partial charge in [-0.15, -0.1) is 0 Å². The van der Waals surface area contributed by atoms with Crippen molar-refractivity contribution < 1.29 is 50.7 Å². The van der Waals surface area contributed by atoms with Crippen molar-refractivity contribution in [3.8, 4) is 44.5 Å². The Morgan fingerprint density at radius 1 is 0.420 bits per heavy atom. The fourth-order valence-corrected chi connectivity index (χ4v) is 5.43. The first-order chi connectivity index (χ1) is 40.0. The maximum atomic E-state index is 10.1. The van der Waals surface area contributed by atoms with Crippen molar-refractivity contribution in [1.82, 2.24) is 0 Å². The monoisotopic (exact) mass is 677 g/mol. The van der Waals surface area contributed by atoms with Crippen molar-refractivity contribution in [3.05, 3.63) is 198 Å². The van der Waals surface area contributed by atoms with Crippen LogP contribution in [0.1, 0.15) is 75.5 Å². The van der Waals surface area contributed by atoms with Gasteiger partial charge in [0.25, 0.3) is 0 Å². The number of hydrogen-bond acceptors (Lipinski definition) is 1. The third-order valence-corrected chi connectivity index (χ3v) is 7.63. The van der Waals surface area contributed by atoms with E-state index >= 15 is 0 Å². The molecule has 0 radical (unpaired) electrons. The average molecular weight is 677 g/mol. The zero-order valence-electron chi connectivity index (χ0n) is 61.9. The van der Waals surface area contributed by atoms with Crippen LogP contribution in [-0.2, 0) is 5.41 Å². The molecule has 238 valence electrons. The predicted octanol–water partition coefficient (Wildman–Crippen LogP) is 13.6. The summed E-state index contributed by atoms with van der Waals surface area (Å²) in [5, 5.41) is -1.95. The molecule has 0 aromatic heterocycles. The Labute approximate surface area is 346 Å². The molecule has 0 unspecified atom stereocenters. The van der Waals surface area contributed by atoms with Crippen LogP contribution in [0.4, 0.5) is 17.1 Å². The van der Waals surface area contributed by atoms with Gasteiger partial charge in [0.15, 0.2) is 0 Å². The molecule has 0 amide bonds. The number of fused-ring (bicyclic) bond motifs is 2. The fraction of sp³-hybridized carbons (Fsp3) is 0.0612. The van der Waals surface area contributed by atoms with Crippen molar-refractivity contribution in [2.75, 3.05) is 4.90 Å². The highest BCUT2D eigenvalue weighted by Crippen LogP contribution is 2.52. The maximum Gasteiger partial charge on any atom is 0.0645 e. The molecule has 0 spiro atoms. The van der Waals surface area contributed by atoms with E-state index in [1.807, 2.05) is 0 Å². The molecule has 0 bridgehead atoms. The van der Waals surface area contributed by atoms with Gasteiger partial charge in [-0.05, 0) is 109 Å². The van der Waals surface area contributed by atoms with Crippen LogP contribution in [0.25, 0.3) is 55.3 Å². The normalized spacial score (nSPS) is 23.7. The SMILES string of the molecule is [2H]c1c([2H])c([2H])c(-c2c([2H])c([2H])c(N(c3c([2H])c([2H])c([2H])c([2H])c3[2H])c3c([2H])c([2H])c(-c4c([2H])c([2H])c5c(c4[2H])-c4c(-c6c([2H])c([2H])c([2H])c([2H])c6[2H])c([2H])c([2H])c6c([2H])c([2H])c([2H])c(c46)C5(C([2H])([2H])[2H])C([2H])([2H])[2H])c([2H])c3[2H])c([2H])c2[2H])c([2H])c1[2H]. The summed E-state index contributed by atoms with van der Waals surface area (Å²) in [4.78, 5) is 0.222. The molecule has 0 saturated heterocycles. The van der Waals surface area contributed by atoms with Crippen LogP contribution in [0, 0.1) is 0 Å². The lowest BCUT2D eigenvalue weighted by atomic mass is 9.67. The van der Waals surface area contributed by atoms with Gasteiger partial charge in [-0.3, -0.25) is 0 Å². The Hall–Kier alpha value is -6.18. The number of rotatable bonds is 6. The van der Waals surface area contributed by atoms with Crippen LogP contribution in [0.15, 0.2) is 187 Å². The van der Waals surface area contributed by atoms with Crippen molar-refractivity contribution in [2.45, 2.75) is 19.1 Å². The number of anilines is 3. The summed E-state index contributed by atoms with van der Waals surface area (Å²) in [5.41, 5.74) is -18.7. The first-order valence-electron chi connectivity index (χ1n) is 32.9. The van der Waals surface area contributed by atoms with Crippen LogP contribution in [0.3, 0.4) is 0 Å². The van der Waals surface area contributed by atoms with Gasteiger partial charge in [0, 0.05) is 30.7 Å². The van der Waals surface area contributed by atoms with E-state index in [0.29, 0.717) is 0 Å². The summed E-state index contributed by atoms with van der Waals surface area (Å²) in [5.74, 6) is 0. The zero-order chi connectivity index (χ0) is 65.6. The van der Waals surface area contributed by atoms with Crippen molar-refractivity contribution in [3.63, 3.8) is 0 Å². The largest absolute Gasteiger partial charge is 0.311 e. The lowest BCUT2D eigenvalue weighted by Gasteiger charge is -2.36. The molecule has 1 aliphatic rings. The van der Waals surface area contributed by atoms with Crippen LogP contribution in [0.2, 0.25) is 0 Å². The Morgan fingerprint density at radius 3 is 1.60 bits per heavy atom. The van der Waals surface area contributed by atoms with Crippen molar-refractivity contribution >= 4 is 27.8 Å². The van der Waals surface area contributed by atoms with Crippen LogP contribution >= 0.6 is 0 Å².